The number of rotatable bonds is 23. The second-order valence-electron chi connectivity index (χ2n) is 23.4. The zero-order chi connectivity index (χ0) is 60.3. The van der Waals surface area contributed by atoms with E-state index < -0.39 is 35.3 Å². The highest BCUT2D eigenvalue weighted by Crippen LogP contribution is 2.40. The van der Waals surface area contributed by atoms with E-state index in [4.69, 9.17) is 58.1 Å². The van der Waals surface area contributed by atoms with Crippen LogP contribution in [-0.2, 0) is 73.9 Å². The Hall–Kier alpha value is -5.58. The molecule has 6 heterocycles. The molecule has 18 nitrogen and oxygen atoms in total. The minimum atomic E-state index is -0.975. The van der Waals surface area contributed by atoms with Crippen molar-refractivity contribution in [3.63, 3.8) is 0 Å². The smallest absolute Gasteiger partial charge is 0.340 e. The van der Waals surface area contributed by atoms with E-state index >= 15 is 0 Å². The van der Waals surface area contributed by atoms with Gasteiger partial charge in [0.15, 0.2) is 23.5 Å². The second kappa shape index (κ2) is 28.5. The second-order valence-corrected chi connectivity index (χ2v) is 25.1. The van der Waals surface area contributed by atoms with Crippen molar-refractivity contribution < 1.29 is 47.5 Å². The lowest BCUT2D eigenvalue weighted by atomic mass is 9.92. The number of hydrogen-bond donors (Lipinski definition) is 0. The zero-order valence-corrected chi connectivity index (χ0v) is 53.7. The number of carbonyl (C=O) groups is 2. The largest absolute Gasteiger partial charge is 0.467 e. The van der Waals surface area contributed by atoms with Gasteiger partial charge in [-0.25, -0.2) is 19.6 Å². The van der Waals surface area contributed by atoms with Gasteiger partial charge < -0.3 is 47.7 Å². The van der Waals surface area contributed by atoms with E-state index in [0.29, 0.717) is 99.6 Å². The van der Waals surface area contributed by atoms with Gasteiger partial charge in [0.2, 0.25) is 0 Å². The van der Waals surface area contributed by atoms with Gasteiger partial charge in [-0.15, -0.1) is 13.2 Å². The lowest BCUT2D eigenvalue weighted by Gasteiger charge is -2.41. The molecule has 8 rings (SSSR count). The van der Waals surface area contributed by atoms with E-state index in [2.05, 4.69) is 68.7 Å². The molecule has 0 amide bonds. The number of nitrogens with zero attached hydrogens (tertiary/aromatic N) is 8. The molecule has 2 saturated heterocycles. The molecule has 2 atom stereocenters. The molecule has 0 spiro atoms. The normalized spacial score (nSPS) is 16.1. The maximum Gasteiger partial charge on any atom is 0.340 e. The van der Waals surface area contributed by atoms with Gasteiger partial charge in [0.05, 0.1) is 98.3 Å². The fraction of sp³-hybridized carbons (Fsp3) is 0.524. The van der Waals surface area contributed by atoms with Crippen LogP contribution in [0.4, 0.5) is 11.6 Å². The molecule has 0 N–H and O–H groups in total. The summed E-state index contributed by atoms with van der Waals surface area (Å²) in [6, 6.07) is 19.8. The minimum absolute atomic E-state index is 0.246. The molecule has 83 heavy (non-hydrogen) atoms. The number of aromatic nitrogens is 6. The third-order valence-corrected chi connectivity index (χ3v) is 15.9. The minimum Gasteiger partial charge on any atom is -0.467 e. The summed E-state index contributed by atoms with van der Waals surface area (Å²) in [6.07, 6.45) is 4.82. The predicted molar refractivity (Wildman–Crippen MR) is 329 cm³/mol. The summed E-state index contributed by atoms with van der Waals surface area (Å²) >= 11 is 7.16. The maximum atomic E-state index is 13.4. The van der Waals surface area contributed by atoms with E-state index in [9.17, 15) is 9.59 Å². The molecule has 0 radical (unpaired) electrons. The van der Waals surface area contributed by atoms with Gasteiger partial charge in [-0.05, 0) is 125 Å². The molecule has 2 aliphatic rings. The lowest BCUT2D eigenvalue weighted by Crippen LogP contribution is -2.45. The molecule has 0 aliphatic carbocycles. The monoisotopic (exact) mass is 1270 g/mol. The predicted octanol–water partition coefficient (Wildman–Crippen LogP) is 12.6. The van der Waals surface area contributed by atoms with Crippen LogP contribution in [0.5, 0.6) is 0 Å². The Morgan fingerprint density at radius 3 is 1.37 bits per heavy atom. The molecule has 20 heteroatoms. The van der Waals surface area contributed by atoms with Crippen molar-refractivity contribution >= 4 is 66.7 Å². The molecule has 0 saturated carbocycles. The van der Waals surface area contributed by atoms with E-state index in [-0.39, 0.29) is 17.8 Å². The molecule has 6 aromatic rings. The van der Waals surface area contributed by atoms with Crippen LogP contribution in [-0.4, -0.2) is 117 Å². The van der Waals surface area contributed by atoms with Crippen molar-refractivity contribution in [2.45, 2.75) is 163 Å². The van der Waals surface area contributed by atoms with E-state index in [1.807, 2.05) is 125 Å². The average Bonchev–Trinajstić information content (AvgIpc) is 4.19. The number of fused-ring (bicyclic) bond motifs is 2. The summed E-state index contributed by atoms with van der Waals surface area (Å²) in [4.78, 5) is 40.8. The molecule has 0 unspecified atom stereocenters. The number of halogens is 2. The number of esters is 2. The summed E-state index contributed by atoms with van der Waals surface area (Å²) in [7, 11) is 1.38. The number of anilines is 2. The molecule has 450 valence electrons. The van der Waals surface area contributed by atoms with Gasteiger partial charge in [-0.1, -0.05) is 80.4 Å². The highest BCUT2D eigenvalue weighted by atomic mass is 79.9. The fourth-order valence-corrected chi connectivity index (χ4v) is 10.9. The Balaban J connectivity index is 0.000000239. The number of benzene rings is 2. The van der Waals surface area contributed by atoms with Crippen LogP contribution in [0.25, 0.3) is 11.3 Å². The Kier molecular flexibility index (Phi) is 22.3. The Labute approximate surface area is 506 Å². The molecular formula is C63H84Br2N8O10. The lowest BCUT2D eigenvalue weighted by molar-refractivity contribution is -0.167. The number of carbonyl (C=O) groups excluding carboxylic acids is 2. The number of methoxy groups -OCH3 is 1. The van der Waals surface area contributed by atoms with Crippen molar-refractivity contribution in [2.24, 2.45) is 0 Å². The number of aryl methyl sites for hydroxylation is 2. The molecular weight excluding hydrogens is 1190 g/mol. The number of hydrogen-bond acceptors (Lipinski definition) is 16. The van der Waals surface area contributed by atoms with Crippen molar-refractivity contribution in [1.29, 1.82) is 0 Å². The van der Waals surface area contributed by atoms with Crippen molar-refractivity contribution in [3.8, 4) is 0 Å². The third-order valence-electron chi connectivity index (χ3n) is 14.4. The number of ether oxygens (including phenoxy) is 8. The first kappa shape index (κ1) is 65.0. The molecule has 2 fully saturated rings. The van der Waals surface area contributed by atoms with Gasteiger partial charge >= 0.3 is 11.9 Å². The zero-order valence-electron chi connectivity index (χ0n) is 50.5. The van der Waals surface area contributed by atoms with Crippen LogP contribution in [0.1, 0.15) is 145 Å². The molecule has 2 aliphatic heterocycles. The van der Waals surface area contributed by atoms with Gasteiger partial charge in [-0.3, -0.25) is 0 Å². The van der Waals surface area contributed by atoms with Gasteiger partial charge in [0, 0.05) is 58.6 Å². The first-order valence-corrected chi connectivity index (χ1v) is 30.0. The van der Waals surface area contributed by atoms with Gasteiger partial charge in [-0.2, -0.15) is 19.2 Å². The average molecular weight is 1270 g/mol. The van der Waals surface area contributed by atoms with Crippen LogP contribution < -0.4 is 9.80 Å². The van der Waals surface area contributed by atoms with Crippen LogP contribution in [0.15, 0.2) is 94.9 Å². The van der Waals surface area contributed by atoms with E-state index in [1.165, 1.54) is 7.11 Å². The van der Waals surface area contributed by atoms with Crippen molar-refractivity contribution in [3.05, 3.63) is 140 Å². The number of piperidine rings is 2. The van der Waals surface area contributed by atoms with Crippen LogP contribution in [0, 0.1) is 13.8 Å². The van der Waals surface area contributed by atoms with E-state index in [0.717, 1.165) is 68.8 Å². The molecule has 4 aromatic heterocycles. The van der Waals surface area contributed by atoms with Gasteiger partial charge in [0.1, 0.15) is 11.6 Å². The van der Waals surface area contributed by atoms with Crippen LogP contribution in [0.3, 0.4) is 0 Å². The van der Waals surface area contributed by atoms with E-state index in [1.54, 1.807) is 19.1 Å². The van der Waals surface area contributed by atoms with Crippen molar-refractivity contribution in [1.82, 2.24) is 29.2 Å². The topological polar surface area (TPSA) is 175 Å². The van der Waals surface area contributed by atoms with Crippen LogP contribution >= 0.6 is 31.9 Å². The quantitative estimate of drug-likeness (QED) is 0.0437. The van der Waals surface area contributed by atoms with Gasteiger partial charge in [0.25, 0.3) is 0 Å². The first-order chi connectivity index (χ1) is 39.4. The highest BCUT2D eigenvalue weighted by molar-refractivity contribution is 9.10. The Bertz CT molecular complexity index is 3190. The summed E-state index contributed by atoms with van der Waals surface area (Å²) in [5, 5.41) is 9.85. The van der Waals surface area contributed by atoms with Crippen LogP contribution in [0.2, 0.25) is 0 Å². The molecule has 0 bridgehead atoms. The fourth-order valence-electron chi connectivity index (χ4n) is 10.1. The third kappa shape index (κ3) is 17.1. The highest BCUT2D eigenvalue weighted by Gasteiger charge is 2.40. The maximum absolute atomic E-state index is 13.4. The Morgan fingerprint density at radius 1 is 0.639 bits per heavy atom. The summed E-state index contributed by atoms with van der Waals surface area (Å²) < 4.78 is 53.4. The Morgan fingerprint density at radius 2 is 1.02 bits per heavy atom. The molecule has 2 aromatic carbocycles. The van der Waals surface area contributed by atoms with Crippen molar-refractivity contribution in [2.75, 3.05) is 62.9 Å². The summed E-state index contributed by atoms with van der Waals surface area (Å²) in [5.74, 6) is 0.626. The standard InChI is InChI=1S/C32H43BrN4O5.C31H41BrN4O5/c1-8-18-41-32(7)14-16-36(17-15-32)29-27(28(30(38)40-9-2)42-31(4,5)6)22(3)34-26-19-24(35-37(26)29)21-39-20-23-12-10-11-13-25(23)33;1-8-17-40-31(6)13-15-35(16-14-31)28-26(27(29(37)38-7)41-30(3,4)5)21(2)33-25-18-23(34-36(25)28)20-39-19-22-11-9-10-12-24(22)32/h8,10-13,19,28H,1,9,14-18,20-21H2,2-7H3;8-12,18,27H,1,13-17,19-20H2,2-7H3/t28-;27-/m00/s1. The first-order valence-electron chi connectivity index (χ1n) is 28.4. The summed E-state index contributed by atoms with van der Waals surface area (Å²) in [6.45, 7) is 34.6. The SMILES string of the molecule is C=CCOC1(C)CCN(c2c([C@H](OC(C)(C)C)C(=O)OC)c(C)nc3cc(COCc4ccccc4Br)nn23)CC1.C=CCOC1(C)CCN(c2c([C@H](OC(C)(C)C)C(=O)OCC)c(C)nc3cc(COCc4ccccc4Br)nn23)CC1. The summed E-state index contributed by atoms with van der Waals surface area (Å²) in [5.41, 5.74) is 5.92.